The number of nitrogens with zero attached hydrogens (tertiary/aromatic N) is 1. The Balaban J connectivity index is 1.63. The normalized spacial score (nSPS) is 20.3. The number of nitrogens with one attached hydrogen (secondary N) is 1. The topological polar surface area (TPSA) is 33.7 Å². The highest BCUT2D eigenvalue weighted by Gasteiger charge is 2.38. The predicted octanol–water partition coefficient (Wildman–Crippen LogP) is 3.70. The Morgan fingerprint density at radius 1 is 1.12 bits per heavy atom. The molecule has 0 radical (unpaired) electrons. The van der Waals surface area contributed by atoms with E-state index in [0.717, 1.165) is 24.7 Å². The lowest BCUT2D eigenvalue weighted by molar-refractivity contribution is 0.194. The number of piperidine rings is 1. The molecule has 0 bridgehead atoms. The zero-order valence-electron chi connectivity index (χ0n) is 16.1. The summed E-state index contributed by atoms with van der Waals surface area (Å²) >= 11 is 0. The summed E-state index contributed by atoms with van der Waals surface area (Å²) in [4.78, 5) is 2.62. The van der Waals surface area contributed by atoms with E-state index in [-0.39, 0.29) is 0 Å². The molecule has 2 fully saturated rings. The molecule has 1 spiro atoms. The van der Waals surface area contributed by atoms with E-state index in [2.05, 4.69) is 42.3 Å². The first-order valence-corrected chi connectivity index (χ1v) is 9.92. The minimum Gasteiger partial charge on any atom is -0.490 e. The lowest BCUT2D eigenvalue weighted by Crippen LogP contribution is -2.38. The summed E-state index contributed by atoms with van der Waals surface area (Å²) in [5.41, 5.74) is 1.89. The van der Waals surface area contributed by atoms with Crippen LogP contribution in [-0.4, -0.2) is 44.3 Å². The first-order valence-electron chi connectivity index (χ1n) is 9.92. The highest BCUT2D eigenvalue weighted by atomic mass is 16.5. The maximum atomic E-state index is 5.92. The van der Waals surface area contributed by atoms with Gasteiger partial charge in [-0.25, -0.2) is 0 Å². The van der Waals surface area contributed by atoms with Gasteiger partial charge < -0.3 is 14.8 Å². The number of benzene rings is 1. The molecule has 0 amide bonds. The molecule has 25 heavy (non-hydrogen) atoms. The molecule has 1 aromatic carbocycles. The van der Waals surface area contributed by atoms with Crippen LogP contribution in [0.15, 0.2) is 18.2 Å². The van der Waals surface area contributed by atoms with Gasteiger partial charge in [-0.15, -0.1) is 0 Å². The third-order valence-corrected chi connectivity index (χ3v) is 5.47. The fraction of sp³-hybridized carbons (Fsp3) is 0.714. The molecular formula is C21H34N2O2. The molecule has 4 nitrogen and oxygen atoms in total. The molecule has 0 atom stereocenters. The molecule has 0 aromatic heterocycles. The van der Waals surface area contributed by atoms with Crippen molar-refractivity contribution < 1.29 is 9.47 Å². The van der Waals surface area contributed by atoms with Gasteiger partial charge >= 0.3 is 0 Å². The summed E-state index contributed by atoms with van der Waals surface area (Å²) in [7, 11) is 0. The Kier molecular flexibility index (Phi) is 6.24. The second-order valence-electron chi connectivity index (χ2n) is 8.13. The van der Waals surface area contributed by atoms with E-state index in [0.29, 0.717) is 17.9 Å². The average Bonchev–Trinajstić information content (AvgIpc) is 2.97. The Labute approximate surface area is 152 Å². The fourth-order valence-corrected chi connectivity index (χ4v) is 4.08. The zero-order valence-corrected chi connectivity index (χ0v) is 16.1. The third-order valence-electron chi connectivity index (χ3n) is 5.47. The summed E-state index contributed by atoms with van der Waals surface area (Å²) in [5, 5.41) is 3.50. The molecule has 0 saturated carbocycles. The van der Waals surface area contributed by atoms with Crippen molar-refractivity contribution in [2.24, 2.45) is 11.3 Å². The van der Waals surface area contributed by atoms with Crippen LogP contribution < -0.4 is 14.8 Å². The lowest BCUT2D eigenvalue weighted by atomic mass is 9.78. The minimum atomic E-state index is 0.514. The van der Waals surface area contributed by atoms with Crippen molar-refractivity contribution in [3.05, 3.63) is 23.8 Å². The van der Waals surface area contributed by atoms with Gasteiger partial charge in [0, 0.05) is 13.1 Å². The maximum Gasteiger partial charge on any atom is 0.161 e. The van der Waals surface area contributed by atoms with Crippen molar-refractivity contribution in [2.75, 3.05) is 39.4 Å². The van der Waals surface area contributed by atoms with Crippen LogP contribution in [0.25, 0.3) is 0 Å². The largest absolute Gasteiger partial charge is 0.490 e. The molecule has 4 heteroatoms. The third kappa shape index (κ3) is 4.89. The van der Waals surface area contributed by atoms with Crippen LogP contribution >= 0.6 is 0 Å². The van der Waals surface area contributed by atoms with Crippen LogP contribution in [0.1, 0.15) is 45.6 Å². The molecule has 3 rings (SSSR count). The minimum absolute atomic E-state index is 0.514. The van der Waals surface area contributed by atoms with Gasteiger partial charge in [0.2, 0.25) is 0 Å². The molecule has 0 aliphatic carbocycles. The van der Waals surface area contributed by atoms with E-state index in [1.54, 1.807) is 0 Å². The molecule has 2 aliphatic rings. The Morgan fingerprint density at radius 3 is 2.64 bits per heavy atom. The van der Waals surface area contributed by atoms with Gasteiger partial charge in [0.05, 0.1) is 13.2 Å². The van der Waals surface area contributed by atoms with E-state index in [4.69, 9.17) is 9.47 Å². The van der Waals surface area contributed by atoms with Crippen molar-refractivity contribution in [3.63, 3.8) is 0 Å². The van der Waals surface area contributed by atoms with Gasteiger partial charge in [0.25, 0.3) is 0 Å². The second kappa shape index (κ2) is 8.41. The summed E-state index contributed by atoms with van der Waals surface area (Å²) < 4.78 is 11.8. The number of likely N-dealkylation sites (tertiary alicyclic amines) is 1. The van der Waals surface area contributed by atoms with Crippen LogP contribution in [0.3, 0.4) is 0 Å². The Bertz CT molecular complexity index is 553. The number of hydrogen-bond acceptors (Lipinski definition) is 4. The lowest BCUT2D eigenvalue weighted by Gasteiger charge is -2.34. The van der Waals surface area contributed by atoms with Gasteiger partial charge in [-0.1, -0.05) is 19.9 Å². The molecule has 2 heterocycles. The molecule has 0 unspecified atom stereocenters. The van der Waals surface area contributed by atoms with Crippen molar-refractivity contribution in [1.82, 2.24) is 10.2 Å². The highest BCUT2D eigenvalue weighted by Crippen LogP contribution is 2.39. The van der Waals surface area contributed by atoms with Crippen LogP contribution in [0.2, 0.25) is 0 Å². The summed E-state index contributed by atoms with van der Waals surface area (Å²) in [6.07, 6.45) is 4.01. The van der Waals surface area contributed by atoms with Crippen LogP contribution in [-0.2, 0) is 6.54 Å². The van der Waals surface area contributed by atoms with Crippen molar-refractivity contribution >= 4 is 0 Å². The molecule has 140 valence electrons. The predicted molar refractivity (Wildman–Crippen MR) is 102 cm³/mol. The molecule has 2 saturated heterocycles. The van der Waals surface area contributed by atoms with Crippen molar-refractivity contribution in [3.8, 4) is 11.5 Å². The quantitative estimate of drug-likeness (QED) is 0.816. The van der Waals surface area contributed by atoms with Gasteiger partial charge in [0.1, 0.15) is 0 Å². The summed E-state index contributed by atoms with van der Waals surface area (Å²) in [5.74, 6) is 2.27. The van der Waals surface area contributed by atoms with E-state index < -0.39 is 0 Å². The van der Waals surface area contributed by atoms with E-state index >= 15 is 0 Å². The Hall–Kier alpha value is -1.26. The monoisotopic (exact) mass is 346 g/mol. The first kappa shape index (κ1) is 18.5. The van der Waals surface area contributed by atoms with E-state index in [9.17, 15) is 0 Å². The fourth-order valence-electron chi connectivity index (χ4n) is 4.08. The maximum absolute atomic E-state index is 5.92. The molecular weight excluding hydrogens is 312 g/mol. The smallest absolute Gasteiger partial charge is 0.161 e. The molecule has 1 aromatic rings. The number of ether oxygens (including phenoxy) is 2. The van der Waals surface area contributed by atoms with Crippen molar-refractivity contribution in [2.45, 2.75) is 46.6 Å². The second-order valence-corrected chi connectivity index (χ2v) is 8.13. The van der Waals surface area contributed by atoms with Crippen LogP contribution in [0, 0.1) is 11.3 Å². The van der Waals surface area contributed by atoms with E-state index in [1.165, 1.54) is 51.0 Å². The highest BCUT2D eigenvalue weighted by molar-refractivity contribution is 5.43. The SMILES string of the molecule is CCOc1cc(CN2CCC3(CCNCC3)C2)ccc1OCC(C)C. The van der Waals surface area contributed by atoms with Gasteiger partial charge in [-0.05, 0) is 74.8 Å². The average molecular weight is 347 g/mol. The standard InChI is InChI=1S/C21H34N2O2/c1-4-24-20-13-18(5-6-19(20)25-15-17(2)3)14-23-12-9-21(16-23)7-10-22-11-8-21/h5-6,13,17,22H,4,7-12,14-16H2,1-3H3. The van der Waals surface area contributed by atoms with Crippen LogP contribution in [0.5, 0.6) is 11.5 Å². The van der Waals surface area contributed by atoms with Gasteiger partial charge in [0.15, 0.2) is 11.5 Å². The van der Waals surface area contributed by atoms with Crippen molar-refractivity contribution in [1.29, 1.82) is 0 Å². The molecule has 2 aliphatic heterocycles. The van der Waals surface area contributed by atoms with Gasteiger partial charge in [-0.3, -0.25) is 4.90 Å². The first-order chi connectivity index (χ1) is 12.1. The summed E-state index contributed by atoms with van der Waals surface area (Å²) in [6, 6.07) is 6.46. The van der Waals surface area contributed by atoms with E-state index in [1.807, 2.05) is 6.92 Å². The Morgan fingerprint density at radius 2 is 1.92 bits per heavy atom. The van der Waals surface area contributed by atoms with Crippen LogP contribution in [0.4, 0.5) is 0 Å². The summed E-state index contributed by atoms with van der Waals surface area (Å²) in [6.45, 7) is 13.6. The zero-order chi connectivity index (χ0) is 17.7. The van der Waals surface area contributed by atoms with Gasteiger partial charge in [-0.2, -0.15) is 0 Å². The number of rotatable bonds is 7. The molecule has 1 N–H and O–H groups in total. The number of hydrogen-bond donors (Lipinski definition) is 1.